The second-order valence-corrected chi connectivity index (χ2v) is 3.66. The Kier molecular flexibility index (Phi) is 3.57. The van der Waals surface area contributed by atoms with Crippen LogP contribution in [0, 0.1) is 0 Å². The highest BCUT2D eigenvalue weighted by molar-refractivity contribution is 6.03. The van der Waals surface area contributed by atoms with E-state index in [9.17, 15) is 4.79 Å². The van der Waals surface area contributed by atoms with Crippen LogP contribution in [0.25, 0.3) is 0 Å². The molecule has 0 spiro atoms. The first-order valence-electron chi connectivity index (χ1n) is 5.60. The lowest BCUT2D eigenvalue weighted by Gasteiger charge is -2.09. The van der Waals surface area contributed by atoms with Crippen LogP contribution in [0.1, 0.15) is 17.4 Å². The first kappa shape index (κ1) is 12.1. The topological polar surface area (TPSA) is 69.0 Å². The van der Waals surface area contributed by atoms with Gasteiger partial charge in [-0.2, -0.15) is 0 Å². The van der Waals surface area contributed by atoms with Crippen molar-refractivity contribution in [1.82, 2.24) is 15.0 Å². The lowest BCUT2D eigenvalue weighted by Crippen LogP contribution is -2.13. The van der Waals surface area contributed by atoms with Gasteiger partial charge in [0, 0.05) is 7.05 Å². The van der Waals surface area contributed by atoms with Crippen LogP contribution in [-0.4, -0.2) is 27.5 Å². The minimum Gasteiger partial charge on any atom is -0.492 e. The van der Waals surface area contributed by atoms with Crippen molar-refractivity contribution in [3.63, 3.8) is 0 Å². The molecule has 0 atom stereocenters. The van der Waals surface area contributed by atoms with Crippen molar-refractivity contribution < 1.29 is 9.53 Å². The Morgan fingerprint density at radius 3 is 2.89 bits per heavy atom. The standard InChI is InChI=1S/C12H14N4O2/c1-3-18-11-7-5-4-6-9(11)13-12(17)10-8-16(2)15-14-10/h4-8H,3H2,1-2H3,(H,13,17). The quantitative estimate of drug-likeness (QED) is 0.886. The molecule has 1 aromatic carbocycles. The summed E-state index contributed by atoms with van der Waals surface area (Å²) in [6.07, 6.45) is 1.55. The maximum atomic E-state index is 11.9. The number of carbonyl (C=O) groups is 1. The molecule has 0 saturated carbocycles. The Balaban J connectivity index is 2.16. The lowest BCUT2D eigenvalue weighted by molar-refractivity contribution is 0.102. The van der Waals surface area contributed by atoms with Gasteiger partial charge >= 0.3 is 0 Å². The molecule has 6 heteroatoms. The number of hydrogen-bond donors (Lipinski definition) is 1. The van der Waals surface area contributed by atoms with Gasteiger partial charge in [-0.3, -0.25) is 9.48 Å². The molecule has 1 aromatic heterocycles. The van der Waals surface area contributed by atoms with Gasteiger partial charge in [0.2, 0.25) is 0 Å². The zero-order valence-corrected chi connectivity index (χ0v) is 10.3. The van der Waals surface area contributed by atoms with E-state index in [0.717, 1.165) is 0 Å². The van der Waals surface area contributed by atoms with Gasteiger partial charge in [-0.25, -0.2) is 0 Å². The van der Waals surface area contributed by atoms with E-state index in [1.807, 2.05) is 19.1 Å². The van der Waals surface area contributed by atoms with E-state index in [0.29, 0.717) is 18.0 Å². The molecule has 0 aliphatic rings. The third kappa shape index (κ3) is 2.65. The molecule has 1 heterocycles. The molecule has 1 amide bonds. The third-order valence-corrected chi connectivity index (χ3v) is 2.27. The summed E-state index contributed by atoms with van der Waals surface area (Å²) in [5.74, 6) is 0.326. The first-order valence-corrected chi connectivity index (χ1v) is 5.60. The molecular formula is C12H14N4O2. The second kappa shape index (κ2) is 5.31. The molecule has 0 radical (unpaired) electrons. The average Bonchev–Trinajstić information content (AvgIpc) is 2.79. The fraction of sp³-hybridized carbons (Fsp3) is 0.250. The van der Waals surface area contributed by atoms with Crippen molar-refractivity contribution in [1.29, 1.82) is 0 Å². The van der Waals surface area contributed by atoms with E-state index in [4.69, 9.17) is 4.74 Å². The number of ether oxygens (including phenoxy) is 1. The van der Waals surface area contributed by atoms with Crippen LogP contribution in [0.4, 0.5) is 5.69 Å². The van der Waals surface area contributed by atoms with Crippen LogP contribution in [-0.2, 0) is 7.05 Å². The molecule has 0 bridgehead atoms. The number of anilines is 1. The summed E-state index contributed by atoms with van der Waals surface area (Å²) in [7, 11) is 1.71. The van der Waals surface area contributed by atoms with Crippen molar-refractivity contribution in [3.8, 4) is 5.75 Å². The highest BCUT2D eigenvalue weighted by atomic mass is 16.5. The van der Waals surface area contributed by atoms with Crippen LogP contribution in [0.2, 0.25) is 0 Å². The zero-order chi connectivity index (χ0) is 13.0. The Labute approximate surface area is 105 Å². The highest BCUT2D eigenvalue weighted by Gasteiger charge is 2.12. The van der Waals surface area contributed by atoms with E-state index in [-0.39, 0.29) is 11.6 Å². The summed E-state index contributed by atoms with van der Waals surface area (Å²) in [6.45, 7) is 2.43. The first-order chi connectivity index (χ1) is 8.70. The third-order valence-electron chi connectivity index (χ3n) is 2.27. The van der Waals surface area contributed by atoms with Gasteiger partial charge in [0.15, 0.2) is 5.69 Å². The van der Waals surface area contributed by atoms with Crippen molar-refractivity contribution in [2.45, 2.75) is 6.92 Å². The zero-order valence-electron chi connectivity index (χ0n) is 10.3. The van der Waals surface area contributed by atoms with E-state index < -0.39 is 0 Å². The number of nitrogens with zero attached hydrogens (tertiary/aromatic N) is 3. The number of hydrogen-bond acceptors (Lipinski definition) is 4. The van der Waals surface area contributed by atoms with E-state index in [1.54, 1.807) is 25.4 Å². The van der Waals surface area contributed by atoms with Crippen LogP contribution < -0.4 is 10.1 Å². The predicted molar refractivity (Wildman–Crippen MR) is 66.6 cm³/mol. The fourth-order valence-electron chi connectivity index (χ4n) is 1.49. The average molecular weight is 246 g/mol. The van der Waals surface area contributed by atoms with Gasteiger partial charge in [-0.05, 0) is 19.1 Å². The Bertz CT molecular complexity index is 551. The van der Waals surface area contributed by atoms with Crippen molar-refractivity contribution >= 4 is 11.6 Å². The number of para-hydroxylation sites is 2. The number of aromatic nitrogens is 3. The number of benzene rings is 1. The smallest absolute Gasteiger partial charge is 0.277 e. The largest absolute Gasteiger partial charge is 0.492 e. The minimum atomic E-state index is -0.310. The van der Waals surface area contributed by atoms with Crippen molar-refractivity contribution in [2.24, 2.45) is 7.05 Å². The Hall–Kier alpha value is -2.37. The monoisotopic (exact) mass is 246 g/mol. The van der Waals surface area contributed by atoms with Gasteiger partial charge in [0.1, 0.15) is 5.75 Å². The van der Waals surface area contributed by atoms with E-state index in [2.05, 4.69) is 15.6 Å². The number of amides is 1. The predicted octanol–water partition coefficient (Wildman–Crippen LogP) is 1.47. The minimum absolute atomic E-state index is 0.267. The summed E-state index contributed by atoms with van der Waals surface area (Å²) in [6, 6.07) is 7.26. The number of carbonyl (C=O) groups excluding carboxylic acids is 1. The SMILES string of the molecule is CCOc1ccccc1NC(=O)c1cn(C)nn1. The second-order valence-electron chi connectivity index (χ2n) is 3.66. The number of nitrogens with one attached hydrogen (secondary N) is 1. The molecule has 0 aliphatic carbocycles. The molecule has 1 N–H and O–H groups in total. The van der Waals surface area contributed by atoms with Gasteiger partial charge in [0.05, 0.1) is 18.5 Å². The van der Waals surface area contributed by atoms with Gasteiger partial charge in [-0.1, -0.05) is 17.3 Å². The molecule has 0 aliphatic heterocycles. The van der Waals surface area contributed by atoms with Crippen LogP contribution in [0.15, 0.2) is 30.5 Å². The fourth-order valence-corrected chi connectivity index (χ4v) is 1.49. The van der Waals surface area contributed by atoms with E-state index in [1.165, 1.54) is 4.68 Å². The molecule has 0 unspecified atom stereocenters. The van der Waals surface area contributed by atoms with Crippen LogP contribution in [0.5, 0.6) is 5.75 Å². The summed E-state index contributed by atoms with van der Waals surface area (Å²) < 4.78 is 6.90. The maximum Gasteiger partial charge on any atom is 0.277 e. The lowest BCUT2D eigenvalue weighted by atomic mass is 10.3. The van der Waals surface area contributed by atoms with Gasteiger partial charge in [-0.15, -0.1) is 5.10 Å². The Morgan fingerprint density at radius 2 is 2.22 bits per heavy atom. The molecule has 18 heavy (non-hydrogen) atoms. The number of rotatable bonds is 4. The van der Waals surface area contributed by atoms with Gasteiger partial charge in [0.25, 0.3) is 5.91 Å². The van der Waals surface area contributed by atoms with Crippen LogP contribution >= 0.6 is 0 Å². The maximum absolute atomic E-state index is 11.9. The molecule has 0 saturated heterocycles. The van der Waals surface area contributed by atoms with Crippen molar-refractivity contribution in [2.75, 3.05) is 11.9 Å². The summed E-state index contributed by atoms with van der Waals surface area (Å²) in [5, 5.41) is 10.2. The van der Waals surface area contributed by atoms with Crippen LogP contribution in [0.3, 0.4) is 0 Å². The normalized spacial score (nSPS) is 10.1. The van der Waals surface area contributed by atoms with Gasteiger partial charge < -0.3 is 10.1 Å². The molecule has 6 nitrogen and oxygen atoms in total. The molecule has 2 aromatic rings. The van der Waals surface area contributed by atoms with Crippen molar-refractivity contribution in [3.05, 3.63) is 36.2 Å². The number of aryl methyl sites for hydroxylation is 1. The summed E-state index contributed by atoms with van der Waals surface area (Å²) >= 11 is 0. The summed E-state index contributed by atoms with van der Waals surface area (Å²) in [4.78, 5) is 11.9. The summed E-state index contributed by atoms with van der Waals surface area (Å²) in [5.41, 5.74) is 0.888. The molecular weight excluding hydrogens is 232 g/mol. The molecule has 0 fully saturated rings. The molecule has 94 valence electrons. The molecule has 2 rings (SSSR count). The van der Waals surface area contributed by atoms with E-state index >= 15 is 0 Å². The highest BCUT2D eigenvalue weighted by Crippen LogP contribution is 2.23. The Morgan fingerprint density at radius 1 is 1.44 bits per heavy atom.